The van der Waals surface area contributed by atoms with Crippen molar-refractivity contribution in [1.82, 2.24) is 5.32 Å². The molecule has 0 amide bonds. The van der Waals surface area contributed by atoms with E-state index in [0.29, 0.717) is 0 Å². The molecule has 0 unspecified atom stereocenters. The fraction of sp³-hybridized carbons (Fsp3) is 0.500. The summed E-state index contributed by atoms with van der Waals surface area (Å²) in [5.41, 5.74) is 10.2. The van der Waals surface area contributed by atoms with Gasteiger partial charge in [0.1, 0.15) is 0 Å². The second-order valence-corrected chi connectivity index (χ2v) is 3.40. The first-order chi connectivity index (χ1) is 6.54. The van der Waals surface area contributed by atoms with Crippen molar-refractivity contribution in [2.75, 3.05) is 6.54 Å². The molecule has 0 aromatic carbocycles. The van der Waals surface area contributed by atoms with Crippen molar-refractivity contribution in [3.63, 3.8) is 0 Å². The molecule has 0 saturated heterocycles. The van der Waals surface area contributed by atoms with Gasteiger partial charge in [0.05, 0.1) is 5.70 Å². The summed E-state index contributed by atoms with van der Waals surface area (Å²) in [7, 11) is 0. The van der Waals surface area contributed by atoms with E-state index in [1.165, 1.54) is 11.1 Å². The van der Waals surface area contributed by atoms with Crippen LogP contribution in [0.15, 0.2) is 34.7 Å². The fourth-order valence-corrected chi connectivity index (χ4v) is 1.32. The Morgan fingerprint density at radius 2 is 1.86 bits per heavy atom. The van der Waals surface area contributed by atoms with Gasteiger partial charge in [0.25, 0.3) is 0 Å². The van der Waals surface area contributed by atoms with Crippen molar-refractivity contribution in [1.29, 1.82) is 0 Å². The number of allylic oxidation sites excluding steroid dienone is 5. The minimum absolute atomic E-state index is 0.841. The molecule has 2 heteroatoms. The molecule has 0 aromatic rings. The van der Waals surface area contributed by atoms with E-state index in [1.807, 2.05) is 19.9 Å². The molecule has 0 aliphatic rings. The molecular weight excluding hydrogens is 172 g/mol. The first kappa shape index (κ1) is 12.8. The van der Waals surface area contributed by atoms with Gasteiger partial charge in [-0.3, -0.25) is 0 Å². The van der Waals surface area contributed by atoms with Gasteiger partial charge in [-0.1, -0.05) is 12.2 Å². The van der Waals surface area contributed by atoms with Crippen LogP contribution in [0.25, 0.3) is 0 Å². The molecule has 0 fully saturated rings. The maximum atomic E-state index is 5.82. The molecular formula is C12H22N2. The highest BCUT2D eigenvalue weighted by Gasteiger charge is 2.03. The molecule has 14 heavy (non-hydrogen) atoms. The van der Waals surface area contributed by atoms with Crippen molar-refractivity contribution in [3.05, 3.63) is 34.7 Å². The van der Waals surface area contributed by atoms with Gasteiger partial charge in [-0.2, -0.15) is 0 Å². The van der Waals surface area contributed by atoms with Crippen molar-refractivity contribution in [3.8, 4) is 0 Å². The molecule has 0 rings (SSSR count). The lowest BCUT2D eigenvalue weighted by Crippen LogP contribution is -2.18. The number of nitrogens with two attached hydrogens (primary N) is 1. The molecule has 0 aliphatic carbocycles. The summed E-state index contributed by atoms with van der Waals surface area (Å²) < 4.78 is 0. The van der Waals surface area contributed by atoms with Gasteiger partial charge in [0.15, 0.2) is 0 Å². The lowest BCUT2D eigenvalue weighted by Gasteiger charge is -2.13. The van der Waals surface area contributed by atoms with Gasteiger partial charge in [-0.15, -0.1) is 0 Å². The number of hydrogen-bond donors (Lipinski definition) is 2. The molecule has 0 radical (unpaired) electrons. The van der Waals surface area contributed by atoms with Gasteiger partial charge in [-0.25, -0.2) is 0 Å². The average molecular weight is 194 g/mol. The fourth-order valence-electron chi connectivity index (χ4n) is 1.32. The van der Waals surface area contributed by atoms with Gasteiger partial charge in [0.2, 0.25) is 0 Å². The van der Waals surface area contributed by atoms with Crippen LogP contribution in [0.3, 0.4) is 0 Å². The number of hydrogen-bond acceptors (Lipinski definition) is 2. The van der Waals surface area contributed by atoms with E-state index in [9.17, 15) is 0 Å². The normalized spacial score (nSPS) is 15.2. The maximum absolute atomic E-state index is 5.82. The van der Waals surface area contributed by atoms with Crippen LogP contribution < -0.4 is 11.1 Å². The Balaban J connectivity index is 5.04. The third-order valence-corrected chi connectivity index (χ3v) is 2.13. The summed E-state index contributed by atoms with van der Waals surface area (Å²) in [4.78, 5) is 0. The van der Waals surface area contributed by atoms with Crippen molar-refractivity contribution < 1.29 is 0 Å². The number of rotatable bonds is 4. The molecule has 2 nitrogen and oxygen atoms in total. The Morgan fingerprint density at radius 3 is 2.21 bits per heavy atom. The molecule has 0 atom stereocenters. The SMILES string of the molecule is C\C=C/C(C)=C(C)/C(NCC)=C(\C)N. The summed E-state index contributed by atoms with van der Waals surface area (Å²) in [6.07, 6.45) is 4.13. The predicted octanol–water partition coefficient (Wildman–Crippen LogP) is 2.70. The van der Waals surface area contributed by atoms with E-state index >= 15 is 0 Å². The second kappa shape index (κ2) is 6.30. The Morgan fingerprint density at radius 1 is 1.29 bits per heavy atom. The number of nitrogens with one attached hydrogen (secondary N) is 1. The van der Waals surface area contributed by atoms with Gasteiger partial charge in [-0.05, 0) is 45.8 Å². The number of likely N-dealkylation sites (N-methyl/N-ethyl adjacent to an activating group) is 1. The van der Waals surface area contributed by atoms with Gasteiger partial charge in [0, 0.05) is 12.2 Å². The molecule has 0 spiro atoms. The maximum Gasteiger partial charge on any atom is 0.0560 e. The van der Waals surface area contributed by atoms with E-state index in [0.717, 1.165) is 17.9 Å². The largest absolute Gasteiger partial charge is 0.401 e. The smallest absolute Gasteiger partial charge is 0.0560 e. The Bertz CT molecular complexity index is 266. The van der Waals surface area contributed by atoms with E-state index in [2.05, 4.69) is 32.2 Å². The molecule has 3 N–H and O–H groups in total. The Hall–Kier alpha value is -1.18. The summed E-state index contributed by atoms with van der Waals surface area (Å²) >= 11 is 0. The van der Waals surface area contributed by atoms with E-state index in [4.69, 9.17) is 5.73 Å². The van der Waals surface area contributed by atoms with Crippen LogP contribution in [0.5, 0.6) is 0 Å². The lowest BCUT2D eigenvalue weighted by molar-refractivity contribution is 0.840. The van der Waals surface area contributed by atoms with E-state index in [-0.39, 0.29) is 0 Å². The minimum atomic E-state index is 0.841. The van der Waals surface area contributed by atoms with E-state index in [1.54, 1.807) is 0 Å². The molecule has 0 bridgehead atoms. The zero-order valence-corrected chi connectivity index (χ0v) is 9.94. The average Bonchev–Trinajstić information content (AvgIpc) is 2.13. The van der Waals surface area contributed by atoms with Crippen molar-refractivity contribution in [2.45, 2.75) is 34.6 Å². The molecule has 0 aliphatic heterocycles. The summed E-state index contributed by atoms with van der Waals surface area (Å²) in [5, 5.41) is 3.28. The third kappa shape index (κ3) is 3.69. The zero-order valence-electron chi connectivity index (χ0n) is 9.94. The monoisotopic (exact) mass is 194 g/mol. The van der Waals surface area contributed by atoms with Crippen molar-refractivity contribution >= 4 is 0 Å². The molecule has 0 heterocycles. The van der Waals surface area contributed by atoms with Crippen molar-refractivity contribution in [2.24, 2.45) is 5.73 Å². The van der Waals surface area contributed by atoms with Crippen LogP contribution in [0.1, 0.15) is 34.6 Å². The standard InChI is InChI=1S/C12H22N2/c1-6-8-9(3)10(4)12(11(5)13)14-7-2/h6,8,14H,7,13H2,1-5H3/b8-6-,10-9+,12-11-. The van der Waals surface area contributed by atoms with Crippen LogP contribution in [0.4, 0.5) is 0 Å². The Labute approximate surface area is 87.6 Å². The third-order valence-electron chi connectivity index (χ3n) is 2.13. The Kier molecular flexibility index (Phi) is 5.77. The van der Waals surface area contributed by atoms with Crippen LogP contribution >= 0.6 is 0 Å². The lowest BCUT2D eigenvalue weighted by atomic mass is 10.1. The highest BCUT2D eigenvalue weighted by molar-refractivity contribution is 5.38. The quantitative estimate of drug-likeness (QED) is 0.675. The highest BCUT2D eigenvalue weighted by atomic mass is 14.9. The zero-order chi connectivity index (χ0) is 11.1. The summed E-state index contributed by atoms with van der Waals surface area (Å²) in [6, 6.07) is 0. The molecule has 0 aromatic heterocycles. The van der Waals surface area contributed by atoms with Gasteiger partial charge < -0.3 is 11.1 Å². The van der Waals surface area contributed by atoms with Crippen LogP contribution in [0, 0.1) is 0 Å². The van der Waals surface area contributed by atoms with Crippen LogP contribution in [-0.2, 0) is 0 Å². The first-order valence-corrected chi connectivity index (χ1v) is 5.05. The van der Waals surface area contributed by atoms with E-state index < -0.39 is 0 Å². The molecule has 80 valence electrons. The van der Waals surface area contributed by atoms with Gasteiger partial charge >= 0.3 is 0 Å². The predicted molar refractivity (Wildman–Crippen MR) is 63.8 cm³/mol. The highest BCUT2D eigenvalue weighted by Crippen LogP contribution is 2.14. The summed E-state index contributed by atoms with van der Waals surface area (Å²) in [6.45, 7) is 11.1. The molecule has 0 saturated carbocycles. The summed E-state index contributed by atoms with van der Waals surface area (Å²) in [5.74, 6) is 0. The first-order valence-electron chi connectivity index (χ1n) is 5.05. The minimum Gasteiger partial charge on any atom is -0.401 e. The topological polar surface area (TPSA) is 38.0 Å². The van der Waals surface area contributed by atoms with Crippen LogP contribution in [0.2, 0.25) is 0 Å². The van der Waals surface area contributed by atoms with Crippen LogP contribution in [-0.4, -0.2) is 6.54 Å². The second-order valence-electron chi connectivity index (χ2n) is 3.40.